The molecule has 1 N–H and O–H groups in total. The predicted octanol–water partition coefficient (Wildman–Crippen LogP) is 2.94. The Morgan fingerprint density at radius 1 is 1.11 bits per heavy atom. The second-order valence-electron chi connectivity index (χ2n) is 10.8. The van der Waals surface area contributed by atoms with Crippen LogP contribution in [-0.4, -0.2) is 68.8 Å². The molecule has 0 unspecified atom stereocenters. The molecule has 4 rings (SSSR count). The van der Waals surface area contributed by atoms with E-state index >= 15 is 8.78 Å². The third-order valence-electron chi connectivity index (χ3n) is 7.41. The van der Waals surface area contributed by atoms with Crippen LogP contribution in [0.3, 0.4) is 0 Å². The van der Waals surface area contributed by atoms with Crippen LogP contribution in [-0.2, 0) is 37.1 Å². The molecule has 2 aromatic carbocycles. The van der Waals surface area contributed by atoms with E-state index in [1.54, 1.807) is 36.4 Å². The van der Waals surface area contributed by atoms with Crippen molar-refractivity contribution in [1.82, 2.24) is 9.62 Å². The molecule has 0 aromatic heterocycles. The van der Waals surface area contributed by atoms with Crippen LogP contribution in [0.4, 0.5) is 13.6 Å². The Labute approximate surface area is 222 Å². The van der Waals surface area contributed by atoms with Crippen molar-refractivity contribution in [1.29, 1.82) is 0 Å². The second kappa shape index (κ2) is 10.6. The molecule has 2 aliphatic heterocycles. The van der Waals surface area contributed by atoms with Gasteiger partial charge in [-0.3, -0.25) is 0 Å². The first-order valence-corrected chi connectivity index (χ1v) is 14.3. The van der Waals surface area contributed by atoms with E-state index in [4.69, 9.17) is 14.0 Å². The van der Waals surface area contributed by atoms with Crippen molar-refractivity contribution in [2.75, 3.05) is 12.8 Å². The van der Waals surface area contributed by atoms with Gasteiger partial charge in [0.1, 0.15) is 18.6 Å². The number of hydrogen-bond acceptors (Lipinski definition) is 6. The highest BCUT2D eigenvalue weighted by Crippen LogP contribution is 2.37. The van der Waals surface area contributed by atoms with E-state index in [2.05, 4.69) is 4.72 Å². The predicted molar refractivity (Wildman–Crippen MR) is 140 cm³/mol. The van der Waals surface area contributed by atoms with Crippen LogP contribution in [0.2, 0.25) is 0 Å². The van der Waals surface area contributed by atoms with Crippen LogP contribution in [0, 0.1) is 5.82 Å². The number of benzene rings is 2. The molecule has 12 heteroatoms. The topological polar surface area (TPSA) is 94.2 Å². The molecule has 2 fully saturated rings. The summed E-state index contributed by atoms with van der Waals surface area (Å²) >= 11 is 0. The quantitative estimate of drug-likeness (QED) is 0.533. The second-order valence-corrected chi connectivity index (χ2v) is 12.6. The maximum absolute atomic E-state index is 15.8. The summed E-state index contributed by atoms with van der Waals surface area (Å²) in [4.78, 5) is 14.1. The van der Waals surface area contributed by atoms with Gasteiger partial charge in [-0.05, 0) is 45.2 Å². The zero-order valence-corrected chi connectivity index (χ0v) is 22.9. The number of carbonyl (C=O) groups is 1. The lowest BCUT2D eigenvalue weighted by atomic mass is 9.77. The fourth-order valence-corrected chi connectivity index (χ4v) is 5.45. The van der Waals surface area contributed by atoms with Crippen LogP contribution in [0.1, 0.15) is 38.8 Å². The molecule has 2 heterocycles. The van der Waals surface area contributed by atoms with Gasteiger partial charge in [0.05, 0.1) is 36.1 Å². The molecule has 2 saturated heterocycles. The first kappa shape index (κ1) is 28.5. The van der Waals surface area contributed by atoms with E-state index in [0.29, 0.717) is 0 Å². The SMILES string of the molecule is CC1(C)OB(c2cccc(C[C@H]3[C@@H](NS(C)(=O)=O)[C@@H](F)CN3C(=O)OCc3ccccc3)c2F)OC1(C)C. The Balaban J connectivity index is 1.60. The number of alkyl halides is 1. The lowest BCUT2D eigenvalue weighted by Crippen LogP contribution is -2.49. The number of carbonyl (C=O) groups excluding carboxylic acids is 1. The molecule has 2 aromatic rings. The summed E-state index contributed by atoms with van der Waals surface area (Å²) in [5.74, 6) is -0.621. The normalized spacial score (nSPS) is 24.6. The number of halogens is 2. The van der Waals surface area contributed by atoms with Gasteiger partial charge in [0.2, 0.25) is 10.0 Å². The van der Waals surface area contributed by atoms with Crippen LogP contribution >= 0.6 is 0 Å². The molecule has 0 aliphatic carbocycles. The fourth-order valence-electron chi connectivity index (χ4n) is 4.66. The van der Waals surface area contributed by atoms with E-state index in [9.17, 15) is 13.2 Å². The number of hydrogen-bond donors (Lipinski definition) is 1. The lowest BCUT2D eigenvalue weighted by molar-refractivity contribution is 0.00578. The van der Waals surface area contributed by atoms with Gasteiger partial charge < -0.3 is 18.9 Å². The van der Waals surface area contributed by atoms with Crippen LogP contribution in [0.5, 0.6) is 0 Å². The molecule has 0 radical (unpaired) electrons. The van der Waals surface area contributed by atoms with Crippen LogP contribution in [0.15, 0.2) is 48.5 Å². The first-order chi connectivity index (χ1) is 17.7. The maximum atomic E-state index is 15.8. The molecule has 0 saturated carbocycles. The minimum absolute atomic E-state index is 0.0458. The summed E-state index contributed by atoms with van der Waals surface area (Å²) in [6.07, 6.45) is -1.78. The van der Waals surface area contributed by atoms with Crippen molar-refractivity contribution in [3.8, 4) is 0 Å². The van der Waals surface area contributed by atoms with Gasteiger partial charge in [0, 0.05) is 5.46 Å². The third kappa shape index (κ3) is 6.03. The number of rotatable bonds is 7. The molecule has 8 nitrogen and oxygen atoms in total. The number of amides is 1. The highest BCUT2D eigenvalue weighted by atomic mass is 32.2. The van der Waals surface area contributed by atoms with Crippen LogP contribution < -0.4 is 10.2 Å². The highest BCUT2D eigenvalue weighted by molar-refractivity contribution is 7.88. The van der Waals surface area contributed by atoms with Crippen molar-refractivity contribution < 1.29 is 36.0 Å². The van der Waals surface area contributed by atoms with E-state index in [1.165, 1.54) is 6.07 Å². The highest BCUT2D eigenvalue weighted by Gasteiger charge is 2.53. The van der Waals surface area contributed by atoms with Crippen molar-refractivity contribution in [2.45, 2.75) is 70.2 Å². The number of likely N-dealkylation sites (tertiary alicyclic amines) is 1. The first-order valence-electron chi connectivity index (χ1n) is 12.4. The fraction of sp³-hybridized carbons (Fsp3) is 0.500. The third-order valence-corrected chi connectivity index (χ3v) is 8.11. The lowest BCUT2D eigenvalue weighted by Gasteiger charge is -2.32. The Bertz CT molecular complexity index is 1260. The van der Waals surface area contributed by atoms with Crippen molar-refractivity contribution in [3.05, 3.63) is 65.5 Å². The Morgan fingerprint density at radius 3 is 2.34 bits per heavy atom. The van der Waals surface area contributed by atoms with Gasteiger partial charge in [0.15, 0.2) is 0 Å². The molecule has 0 bridgehead atoms. The minimum atomic E-state index is -3.83. The summed E-state index contributed by atoms with van der Waals surface area (Å²) < 4.78 is 74.6. The monoisotopic (exact) mass is 550 g/mol. The minimum Gasteiger partial charge on any atom is -0.445 e. The number of nitrogens with zero attached hydrogens (tertiary/aromatic N) is 1. The zero-order chi connectivity index (χ0) is 27.9. The van der Waals surface area contributed by atoms with Gasteiger partial charge in [-0.15, -0.1) is 0 Å². The van der Waals surface area contributed by atoms with Gasteiger partial charge >= 0.3 is 13.2 Å². The Hall–Kier alpha value is -2.54. The number of nitrogens with one attached hydrogen (secondary N) is 1. The molecular weight excluding hydrogens is 517 g/mol. The van der Waals surface area contributed by atoms with E-state index < -0.39 is 65.1 Å². The Morgan fingerprint density at radius 2 is 1.74 bits per heavy atom. The Kier molecular flexibility index (Phi) is 7.91. The average molecular weight is 550 g/mol. The molecule has 3 atom stereocenters. The van der Waals surface area contributed by atoms with Crippen LogP contribution in [0.25, 0.3) is 0 Å². The zero-order valence-electron chi connectivity index (χ0n) is 22.1. The average Bonchev–Trinajstić information content (AvgIpc) is 3.24. The summed E-state index contributed by atoms with van der Waals surface area (Å²) in [6.45, 7) is 6.98. The summed E-state index contributed by atoms with van der Waals surface area (Å²) in [7, 11) is -4.79. The van der Waals surface area contributed by atoms with Gasteiger partial charge in [-0.25, -0.2) is 26.7 Å². The molecule has 2 aliphatic rings. The van der Waals surface area contributed by atoms with E-state index in [0.717, 1.165) is 16.7 Å². The van der Waals surface area contributed by atoms with Gasteiger partial charge in [0.25, 0.3) is 0 Å². The summed E-state index contributed by atoms with van der Waals surface area (Å²) in [5, 5.41) is 0. The van der Waals surface area contributed by atoms with Gasteiger partial charge in [-0.2, -0.15) is 0 Å². The molecule has 0 spiro atoms. The standard InChI is InChI=1S/C26H33BF2N2O6S/c1-25(2)26(3,4)37-27(36-25)19-13-9-12-18(22(19)29)14-21-23(30-38(5,33)34)20(28)15-31(21)24(32)35-16-17-10-7-6-8-11-17/h6-13,20-21,23,30H,14-16H2,1-5H3/t20-,21-,23-/m0/s1. The largest absolute Gasteiger partial charge is 0.497 e. The molecule has 206 valence electrons. The number of sulfonamides is 1. The smallest absolute Gasteiger partial charge is 0.445 e. The summed E-state index contributed by atoms with van der Waals surface area (Å²) in [6, 6.07) is 11.3. The van der Waals surface area contributed by atoms with Gasteiger partial charge in [-0.1, -0.05) is 48.5 Å². The molecule has 1 amide bonds. The van der Waals surface area contributed by atoms with E-state index in [1.807, 2.05) is 33.8 Å². The number of ether oxygens (including phenoxy) is 1. The van der Waals surface area contributed by atoms with Crippen molar-refractivity contribution in [2.24, 2.45) is 0 Å². The van der Waals surface area contributed by atoms with Crippen molar-refractivity contribution >= 4 is 28.7 Å². The molecule has 38 heavy (non-hydrogen) atoms. The van der Waals surface area contributed by atoms with Crippen molar-refractivity contribution in [3.63, 3.8) is 0 Å². The maximum Gasteiger partial charge on any atom is 0.497 e. The van der Waals surface area contributed by atoms with E-state index in [-0.39, 0.29) is 24.1 Å². The summed E-state index contributed by atoms with van der Waals surface area (Å²) in [5.41, 5.74) is -0.298. The molecular formula is C26H33BF2N2O6S.